The van der Waals surface area contributed by atoms with Crippen LogP contribution < -0.4 is 0 Å². The van der Waals surface area contributed by atoms with Crippen molar-refractivity contribution in [2.75, 3.05) is 7.11 Å². The summed E-state index contributed by atoms with van der Waals surface area (Å²) in [5.74, 6) is -0.845. The molecule has 5 nitrogen and oxygen atoms in total. The maximum Gasteiger partial charge on any atom is 0.362 e. The molecule has 5 heteroatoms. The van der Waals surface area contributed by atoms with Crippen molar-refractivity contribution in [3.8, 4) is 0 Å². The Morgan fingerprint density at radius 3 is 2.44 bits per heavy atom. The Kier molecular flexibility index (Phi) is 5.05. The molecule has 96 valence electrons. The second-order valence-electron chi connectivity index (χ2n) is 3.68. The minimum absolute atomic E-state index is 0.141. The smallest absolute Gasteiger partial charge is 0.362 e. The summed E-state index contributed by atoms with van der Waals surface area (Å²) in [5.41, 5.74) is 1.54. The van der Waals surface area contributed by atoms with Gasteiger partial charge in [0.05, 0.1) is 12.8 Å². The summed E-state index contributed by atoms with van der Waals surface area (Å²) in [6.45, 7) is 3.67. The molecule has 0 aliphatic carbocycles. The third kappa shape index (κ3) is 3.69. The Bertz CT molecular complexity index is 476. The van der Waals surface area contributed by atoms with Crippen LogP contribution in [-0.4, -0.2) is 18.2 Å². The molecule has 1 rings (SSSR count). The molecular formula is C13H16N2O3. The molecule has 0 aliphatic heterocycles. The lowest BCUT2D eigenvalue weighted by atomic mass is 10.2. The van der Waals surface area contributed by atoms with Gasteiger partial charge < -0.3 is 9.84 Å². The average Bonchev–Trinajstić information content (AvgIpc) is 2.40. The number of ether oxygens (including phenoxy) is 1. The van der Waals surface area contributed by atoms with Crippen LogP contribution in [0.2, 0.25) is 0 Å². The normalized spacial score (nSPS) is 12.4. The van der Waals surface area contributed by atoms with E-state index < -0.39 is 5.97 Å². The number of aryl methyl sites for hydroxylation is 1. The predicted octanol–water partition coefficient (Wildman–Crippen LogP) is 3.43. The molecule has 0 aromatic heterocycles. The number of hydrogen-bond acceptors (Lipinski definition) is 5. The molecule has 0 heterocycles. The van der Waals surface area contributed by atoms with Crippen molar-refractivity contribution in [2.45, 2.75) is 20.3 Å². The number of aliphatic hydroxyl groups excluding tert-OH is 1. The standard InChI is InChI=1S/C13H16N2O3/c1-4-11(16)12(13(17)18-3)15-14-10-7-5-9(2)6-8-10/h5-8,16H,4H2,1-3H3/b12-11+,15-14?. The summed E-state index contributed by atoms with van der Waals surface area (Å²) < 4.78 is 4.53. The minimum Gasteiger partial charge on any atom is -0.510 e. The maximum atomic E-state index is 11.4. The molecule has 1 aromatic carbocycles. The zero-order chi connectivity index (χ0) is 13.5. The van der Waals surface area contributed by atoms with Crippen LogP contribution in [0.4, 0.5) is 5.69 Å². The number of hydrogen-bond donors (Lipinski definition) is 1. The van der Waals surface area contributed by atoms with Crippen molar-refractivity contribution >= 4 is 11.7 Å². The van der Waals surface area contributed by atoms with E-state index in [4.69, 9.17) is 0 Å². The number of allylic oxidation sites excluding steroid dienone is 1. The van der Waals surface area contributed by atoms with Gasteiger partial charge in [-0.1, -0.05) is 24.6 Å². The lowest BCUT2D eigenvalue weighted by Crippen LogP contribution is -2.05. The second kappa shape index (κ2) is 6.54. The van der Waals surface area contributed by atoms with Gasteiger partial charge in [0, 0.05) is 6.42 Å². The Morgan fingerprint density at radius 1 is 1.33 bits per heavy atom. The van der Waals surface area contributed by atoms with Crippen LogP contribution in [0.5, 0.6) is 0 Å². The Hall–Kier alpha value is -2.17. The topological polar surface area (TPSA) is 71.2 Å². The highest BCUT2D eigenvalue weighted by Crippen LogP contribution is 2.16. The predicted molar refractivity (Wildman–Crippen MR) is 67.7 cm³/mol. The molecule has 0 aliphatic rings. The number of aliphatic hydroxyl groups is 1. The summed E-state index contributed by atoms with van der Waals surface area (Å²) >= 11 is 0. The summed E-state index contributed by atoms with van der Waals surface area (Å²) in [5, 5.41) is 17.2. The summed E-state index contributed by atoms with van der Waals surface area (Å²) in [7, 11) is 1.23. The first kappa shape index (κ1) is 13.9. The third-order valence-electron chi connectivity index (χ3n) is 2.29. The van der Waals surface area contributed by atoms with Crippen molar-refractivity contribution in [1.82, 2.24) is 0 Å². The fraction of sp³-hybridized carbons (Fsp3) is 0.308. The molecule has 0 saturated carbocycles. The van der Waals surface area contributed by atoms with Crippen LogP contribution in [0, 0.1) is 6.92 Å². The van der Waals surface area contributed by atoms with Crippen LogP contribution in [0.3, 0.4) is 0 Å². The molecule has 1 N–H and O–H groups in total. The van der Waals surface area contributed by atoms with E-state index in [9.17, 15) is 9.90 Å². The molecule has 0 amide bonds. The number of rotatable bonds is 4. The first-order valence-corrected chi connectivity index (χ1v) is 5.57. The lowest BCUT2D eigenvalue weighted by molar-refractivity contribution is -0.136. The fourth-order valence-electron chi connectivity index (χ4n) is 1.20. The number of methoxy groups -OCH3 is 1. The van der Waals surface area contributed by atoms with Crippen LogP contribution in [-0.2, 0) is 9.53 Å². The molecule has 0 radical (unpaired) electrons. The van der Waals surface area contributed by atoms with Crippen molar-refractivity contribution in [2.24, 2.45) is 10.2 Å². The van der Waals surface area contributed by atoms with Crippen LogP contribution in [0.25, 0.3) is 0 Å². The summed E-state index contributed by atoms with van der Waals surface area (Å²) in [4.78, 5) is 11.4. The van der Waals surface area contributed by atoms with E-state index in [2.05, 4.69) is 15.0 Å². The van der Waals surface area contributed by atoms with Gasteiger partial charge in [-0.2, -0.15) is 5.11 Å². The number of nitrogens with zero attached hydrogens (tertiary/aromatic N) is 2. The number of carbonyl (C=O) groups excluding carboxylic acids is 1. The third-order valence-corrected chi connectivity index (χ3v) is 2.29. The van der Waals surface area contributed by atoms with Crippen LogP contribution in [0.15, 0.2) is 46.0 Å². The van der Waals surface area contributed by atoms with E-state index in [0.717, 1.165) is 5.56 Å². The molecule has 0 bridgehead atoms. The van der Waals surface area contributed by atoms with Gasteiger partial charge in [-0.05, 0) is 19.1 Å². The van der Waals surface area contributed by atoms with Crippen molar-refractivity contribution in [3.63, 3.8) is 0 Å². The van der Waals surface area contributed by atoms with E-state index in [-0.39, 0.29) is 17.9 Å². The number of esters is 1. The molecule has 0 spiro atoms. The van der Waals surface area contributed by atoms with E-state index in [1.807, 2.05) is 19.1 Å². The van der Waals surface area contributed by atoms with E-state index in [0.29, 0.717) is 5.69 Å². The molecule has 18 heavy (non-hydrogen) atoms. The number of azo groups is 1. The highest BCUT2D eigenvalue weighted by molar-refractivity contribution is 5.88. The first-order valence-electron chi connectivity index (χ1n) is 5.57. The van der Waals surface area contributed by atoms with Gasteiger partial charge in [-0.15, -0.1) is 5.11 Å². The Labute approximate surface area is 106 Å². The van der Waals surface area contributed by atoms with Crippen molar-refractivity contribution < 1.29 is 14.6 Å². The zero-order valence-electron chi connectivity index (χ0n) is 10.7. The Balaban J connectivity index is 2.97. The molecule has 0 saturated heterocycles. The van der Waals surface area contributed by atoms with Gasteiger partial charge in [0.1, 0.15) is 5.76 Å². The van der Waals surface area contributed by atoms with Gasteiger partial charge in [0.25, 0.3) is 0 Å². The van der Waals surface area contributed by atoms with Crippen LogP contribution >= 0.6 is 0 Å². The Morgan fingerprint density at radius 2 is 1.94 bits per heavy atom. The highest BCUT2D eigenvalue weighted by Gasteiger charge is 2.14. The minimum atomic E-state index is -0.704. The SMILES string of the molecule is CC/C(O)=C(\N=Nc1ccc(C)cc1)C(=O)OC. The maximum absolute atomic E-state index is 11.4. The molecule has 0 fully saturated rings. The largest absolute Gasteiger partial charge is 0.510 e. The average molecular weight is 248 g/mol. The molecule has 0 atom stereocenters. The fourth-order valence-corrected chi connectivity index (χ4v) is 1.20. The van der Waals surface area contributed by atoms with Gasteiger partial charge >= 0.3 is 5.97 Å². The van der Waals surface area contributed by atoms with Crippen molar-refractivity contribution in [3.05, 3.63) is 41.3 Å². The van der Waals surface area contributed by atoms with Gasteiger partial charge in [0.15, 0.2) is 0 Å². The van der Waals surface area contributed by atoms with Gasteiger partial charge in [-0.25, -0.2) is 4.79 Å². The van der Waals surface area contributed by atoms with Crippen molar-refractivity contribution in [1.29, 1.82) is 0 Å². The summed E-state index contributed by atoms with van der Waals surface area (Å²) in [6, 6.07) is 7.32. The highest BCUT2D eigenvalue weighted by atomic mass is 16.5. The van der Waals surface area contributed by atoms with E-state index in [1.54, 1.807) is 19.1 Å². The molecule has 0 unspecified atom stereocenters. The number of carbonyl (C=O) groups is 1. The van der Waals surface area contributed by atoms with Crippen LogP contribution in [0.1, 0.15) is 18.9 Å². The monoisotopic (exact) mass is 248 g/mol. The first-order chi connectivity index (χ1) is 8.58. The van der Waals surface area contributed by atoms with Gasteiger partial charge in [-0.3, -0.25) is 0 Å². The van der Waals surface area contributed by atoms with Gasteiger partial charge in [0.2, 0.25) is 5.70 Å². The van der Waals surface area contributed by atoms with E-state index in [1.165, 1.54) is 7.11 Å². The second-order valence-corrected chi connectivity index (χ2v) is 3.68. The number of benzene rings is 1. The summed E-state index contributed by atoms with van der Waals surface area (Å²) in [6.07, 6.45) is 0.289. The lowest BCUT2D eigenvalue weighted by Gasteiger charge is -2.01. The molecule has 1 aromatic rings. The quantitative estimate of drug-likeness (QED) is 0.384. The molecular weight excluding hydrogens is 232 g/mol. The van der Waals surface area contributed by atoms with E-state index >= 15 is 0 Å². The zero-order valence-corrected chi connectivity index (χ0v) is 10.7.